The van der Waals surface area contributed by atoms with Crippen molar-refractivity contribution in [3.63, 3.8) is 0 Å². The zero-order valence-electron chi connectivity index (χ0n) is 18.4. The van der Waals surface area contributed by atoms with Crippen LogP contribution in [0.3, 0.4) is 0 Å². The molecule has 2 aromatic carbocycles. The molecule has 1 saturated heterocycles. The number of methoxy groups -OCH3 is 1. The molecule has 0 radical (unpaired) electrons. The van der Waals surface area contributed by atoms with Gasteiger partial charge in [-0.15, -0.1) is 0 Å². The molecule has 33 heavy (non-hydrogen) atoms. The number of hydrogen-bond acceptors (Lipinski definition) is 7. The number of para-hydroxylation sites is 1. The Kier molecular flexibility index (Phi) is 5.55. The van der Waals surface area contributed by atoms with Gasteiger partial charge in [0.05, 0.1) is 37.1 Å². The molecule has 1 fully saturated rings. The lowest BCUT2D eigenvalue weighted by Gasteiger charge is -2.29. The molecule has 0 atom stereocenters. The van der Waals surface area contributed by atoms with E-state index >= 15 is 4.39 Å². The van der Waals surface area contributed by atoms with E-state index in [4.69, 9.17) is 14.0 Å². The molecule has 0 spiro atoms. The lowest BCUT2D eigenvalue weighted by molar-refractivity contribution is 0.122. The Morgan fingerprint density at radius 3 is 2.70 bits per heavy atom. The first-order valence-corrected chi connectivity index (χ1v) is 10.8. The van der Waals surface area contributed by atoms with Crippen molar-refractivity contribution in [1.29, 1.82) is 0 Å². The molecule has 2 aromatic heterocycles. The predicted molar refractivity (Wildman–Crippen MR) is 122 cm³/mol. The quantitative estimate of drug-likeness (QED) is 0.458. The van der Waals surface area contributed by atoms with Crippen LogP contribution < -0.4 is 15.1 Å². The van der Waals surface area contributed by atoms with Crippen LogP contribution in [0.5, 0.6) is 5.75 Å². The van der Waals surface area contributed by atoms with Gasteiger partial charge in [-0.1, -0.05) is 17.3 Å². The molecule has 0 bridgehead atoms. The van der Waals surface area contributed by atoms with Crippen LogP contribution >= 0.6 is 0 Å². The maximum absolute atomic E-state index is 15.1. The Balaban J connectivity index is 1.62. The molecule has 1 aliphatic heterocycles. The smallest absolute Gasteiger partial charge is 0.263 e. The summed E-state index contributed by atoms with van der Waals surface area (Å²) < 4.78 is 33.1. The van der Waals surface area contributed by atoms with Crippen molar-refractivity contribution in [2.24, 2.45) is 0 Å². The fraction of sp³-hybridized carbons (Fsp3) is 0.292. The summed E-state index contributed by atoms with van der Waals surface area (Å²) in [7, 11) is 1.56. The molecule has 9 heteroatoms. The van der Waals surface area contributed by atoms with Crippen LogP contribution in [0.4, 0.5) is 10.1 Å². The van der Waals surface area contributed by atoms with Crippen LogP contribution in [0.25, 0.3) is 33.7 Å². The summed E-state index contributed by atoms with van der Waals surface area (Å²) in [5, 5.41) is 4.30. The van der Waals surface area contributed by atoms with Crippen molar-refractivity contribution in [2.45, 2.75) is 13.5 Å². The number of pyridine rings is 1. The Morgan fingerprint density at radius 1 is 1.15 bits per heavy atom. The van der Waals surface area contributed by atoms with E-state index in [-0.39, 0.29) is 22.3 Å². The number of aryl methyl sites for hydroxylation is 1. The fourth-order valence-electron chi connectivity index (χ4n) is 4.13. The topological polar surface area (TPSA) is 82.6 Å². The van der Waals surface area contributed by atoms with Gasteiger partial charge in [0.2, 0.25) is 11.3 Å². The van der Waals surface area contributed by atoms with Crippen LogP contribution in [-0.2, 0) is 11.3 Å². The molecule has 1 aliphatic rings. The molecular weight excluding hydrogens is 427 g/mol. The van der Waals surface area contributed by atoms with Gasteiger partial charge in [-0.2, -0.15) is 4.98 Å². The third-order valence-corrected chi connectivity index (χ3v) is 5.85. The summed E-state index contributed by atoms with van der Waals surface area (Å²) in [6, 6.07) is 10.3. The average Bonchev–Trinajstić information content (AvgIpc) is 3.34. The van der Waals surface area contributed by atoms with Gasteiger partial charge in [-0.3, -0.25) is 4.79 Å². The number of rotatable bonds is 5. The minimum atomic E-state index is -0.443. The summed E-state index contributed by atoms with van der Waals surface area (Å²) >= 11 is 0. The molecule has 0 N–H and O–H groups in total. The van der Waals surface area contributed by atoms with E-state index in [1.807, 2.05) is 28.5 Å². The fourth-order valence-corrected chi connectivity index (χ4v) is 4.13. The van der Waals surface area contributed by atoms with Crippen LogP contribution in [0, 0.1) is 5.82 Å². The Labute approximate surface area is 189 Å². The second kappa shape index (κ2) is 8.67. The average molecular weight is 450 g/mol. The second-order valence-corrected chi connectivity index (χ2v) is 7.70. The Hall–Kier alpha value is -3.72. The van der Waals surface area contributed by atoms with Gasteiger partial charge in [-0.25, -0.2) is 4.39 Å². The maximum Gasteiger partial charge on any atom is 0.263 e. The number of fused-ring (bicyclic) bond motifs is 1. The van der Waals surface area contributed by atoms with Crippen LogP contribution in [0.1, 0.15) is 6.92 Å². The van der Waals surface area contributed by atoms with Gasteiger partial charge in [-0.05, 0) is 31.2 Å². The molecule has 0 aliphatic carbocycles. The highest BCUT2D eigenvalue weighted by atomic mass is 19.1. The van der Waals surface area contributed by atoms with Crippen LogP contribution in [0.2, 0.25) is 0 Å². The molecule has 0 amide bonds. The minimum Gasteiger partial charge on any atom is -0.496 e. The van der Waals surface area contributed by atoms with Gasteiger partial charge >= 0.3 is 0 Å². The SMILES string of the molecule is CCn1cc(-c2nc(-c3ccccc3OC)no2)c(=O)c2cc(F)c(N3CCOCC3)cc21. The molecule has 8 nitrogen and oxygen atoms in total. The molecule has 4 aromatic rings. The Bertz CT molecular complexity index is 1370. The van der Waals surface area contributed by atoms with E-state index in [0.29, 0.717) is 61.2 Å². The van der Waals surface area contributed by atoms with Crippen molar-refractivity contribution in [3.8, 4) is 28.6 Å². The lowest BCUT2D eigenvalue weighted by Crippen LogP contribution is -2.36. The first kappa shape index (κ1) is 21.1. The number of nitrogens with zero attached hydrogens (tertiary/aromatic N) is 4. The number of halogens is 1. The monoisotopic (exact) mass is 450 g/mol. The van der Waals surface area contributed by atoms with E-state index in [1.54, 1.807) is 31.5 Å². The predicted octanol–water partition coefficient (Wildman–Crippen LogP) is 3.72. The van der Waals surface area contributed by atoms with Crippen molar-refractivity contribution >= 4 is 16.6 Å². The number of morpholine rings is 1. The number of anilines is 1. The summed E-state index contributed by atoms with van der Waals surface area (Å²) in [6.45, 7) is 4.82. The normalized spacial score (nSPS) is 14.1. The maximum atomic E-state index is 15.1. The van der Waals surface area contributed by atoms with E-state index in [1.165, 1.54) is 6.07 Å². The number of benzene rings is 2. The summed E-state index contributed by atoms with van der Waals surface area (Å²) in [5.41, 5.74) is 1.62. The molecular formula is C24H23FN4O4. The van der Waals surface area contributed by atoms with Crippen LogP contribution in [0.15, 0.2) is 51.9 Å². The second-order valence-electron chi connectivity index (χ2n) is 7.70. The van der Waals surface area contributed by atoms with Gasteiger partial charge < -0.3 is 23.5 Å². The highest BCUT2D eigenvalue weighted by molar-refractivity contribution is 5.86. The minimum absolute atomic E-state index is 0.0719. The Morgan fingerprint density at radius 2 is 1.94 bits per heavy atom. The third kappa shape index (κ3) is 3.74. The van der Waals surface area contributed by atoms with Crippen molar-refractivity contribution in [3.05, 3.63) is 58.6 Å². The van der Waals surface area contributed by atoms with Crippen molar-refractivity contribution in [2.75, 3.05) is 38.3 Å². The van der Waals surface area contributed by atoms with Gasteiger partial charge in [0, 0.05) is 31.2 Å². The molecule has 3 heterocycles. The number of aromatic nitrogens is 3. The molecule has 170 valence electrons. The van der Waals surface area contributed by atoms with Gasteiger partial charge in [0.15, 0.2) is 0 Å². The lowest BCUT2D eigenvalue weighted by atomic mass is 10.1. The van der Waals surface area contributed by atoms with Crippen molar-refractivity contribution < 1.29 is 18.4 Å². The van der Waals surface area contributed by atoms with E-state index in [2.05, 4.69) is 10.1 Å². The van der Waals surface area contributed by atoms with Gasteiger partial charge in [0.1, 0.15) is 17.1 Å². The van der Waals surface area contributed by atoms with Gasteiger partial charge in [0.25, 0.3) is 5.89 Å². The summed E-state index contributed by atoms with van der Waals surface area (Å²) in [5.74, 6) is 0.523. The summed E-state index contributed by atoms with van der Waals surface area (Å²) in [6.07, 6.45) is 1.69. The highest BCUT2D eigenvalue weighted by Gasteiger charge is 2.22. The largest absolute Gasteiger partial charge is 0.496 e. The zero-order valence-corrected chi connectivity index (χ0v) is 18.4. The van der Waals surface area contributed by atoms with E-state index < -0.39 is 5.82 Å². The van der Waals surface area contributed by atoms with E-state index in [0.717, 1.165) is 0 Å². The molecule has 0 unspecified atom stereocenters. The first-order chi connectivity index (χ1) is 16.1. The standard InChI is InChI=1S/C24H23FN4O4/c1-3-28-14-17(24-26-23(27-33-24)15-6-4-5-7-21(15)31-2)22(30)16-12-18(25)20(13-19(16)28)29-8-10-32-11-9-29/h4-7,12-14H,3,8-11H2,1-2H3. The number of hydrogen-bond donors (Lipinski definition) is 0. The highest BCUT2D eigenvalue weighted by Crippen LogP contribution is 2.30. The first-order valence-electron chi connectivity index (χ1n) is 10.8. The number of ether oxygens (including phenoxy) is 2. The summed E-state index contributed by atoms with van der Waals surface area (Å²) in [4.78, 5) is 19.7. The van der Waals surface area contributed by atoms with Crippen LogP contribution in [-0.4, -0.2) is 48.1 Å². The van der Waals surface area contributed by atoms with Crippen molar-refractivity contribution in [1.82, 2.24) is 14.7 Å². The van der Waals surface area contributed by atoms with E-state index in [9.17, 15) is 4.79 Å². The molecule has 5 rings (SSSR count). The third-order valence-electron chi connectivity index (χ3n) is 5.85. The zero-order chi connectivity index (χ0) is 22.9. The molecule has 0 saturated carbocycles.